The van der Waals surface area contributed by atoms with Crippen molar-refractivity contribution < 1.29 is 33.4 Å². The molecule has 0 saturated carbocycles. The molecule has 2 rings (SSSR count). The Kier molecular flexibility index (Phi) is 13.1. The number of likely N-dealkylation sites (N-methyl/N-ethyl adjacent to an activating group) is 1. The first kappa shape index (κ1) is 36.8. The second-order valence-electron chi connectivity index (χ2n) is 12.9. The summed E-state index contributed by atoms with van der Waals surface area (Å²) in [5.41, 5.74) is 5.87. The van der Waals surface area contributed by atoms with E-state index in [9.17, 15) is 24.0 Å². The van der Waals surface area contributed by atoms with Crippen molar-refractivity contribution in [3.63, 3.8) is 0 Å². The first-order valence-electron chi connectivity index (χ1n) is 15.1. The number of hydrogen-bond donors (Lipinski definition) is 3. The molecule has 0 spiro atoms. The van der Waals surface area contributed by atoms with E-state index in [1.165, 1.54) is 4.90 Å². The zero-order valence-corrected chi connectivity index (χ0v) is 27.6. The molecule has 0 aliphatic rings. The minimum Gasteiger partial charge on any atom is -0.458 e. The van der Waals surface area contributed by atoms with Gasteiger partial charge < -0.3 is 30.7 Å². The minimum absolute atomic E-state index is 0.0592. The van der Waals surface area contributed by atoms with Crippen LogP contribution in [0.25, 0.3) is 0 Å². The van der Waals surface area contributed by atoms with E-state index in [1.54, 1.807) is 66.7 Å². The highest BCUT2D eigenvalue weighted by Crippen LogP contribution is 2.25. The zero-order chi connectivity index (χ0) is 33.9. The average molecular weight is 625 g/mol. The zero-order valence-electron chi connectivity index (χ0n) is 27.6. The number of primary amides is 1. The Balaban J connectivity index is 2.54. The number of nitrogens with two attached hydrogens (primary N) is 1. The van der Waals surface area contributed by atoms with Crippen molar-refractivity contribution in [2.75, 3.05) is 6.54 Å². The lowest BCUT2D eigenvalue weighted by Gasteiger charge is -2.34. The Hall–Kier alpha value is -4.41. The number of rotatable bonds is 13. The van der Waals surface area contributed by atoms with Crippen molar-refractivity contribution >= 4 is 29.8 Å². The minimum atomic E-state index is -1.22. The van der Waals surface area contributed by atoms with Gasteiger partial charge in [0, 0.05) is 19.4 Å². The summed E-state index contributed by atoms with van der Waals surface area (Å²) >= 11 is 0. The third-order valence-corrected chi connectivity index (χ3v) is 6.50. The third kappa shape index (κ3) is 12.6. The number of aryl methyl sites for hydroxylation is 1. The van der Waals surface area contributed by atoms with E-state index in [-0.39, 0.29) is 25.8 Å². The molecule has 0 bridgehead atoms. The van der Waals surface area contributed by atoms with Crippen molar-refractivity contribution in [3.05, 3.63) is 71.3 Å². The number of ether oxygens (including phenoxy) is 2. The Morgan fingerprint density at radius 3 is 2.00 bits per heavy atom. The van der Waals surface area contributed by atoms with Gasteiger partial charge in [-0.15, -0.1) is 0 Å². The van der Waals surface area contributed by atoms with E-state index in [4.69, 9.17) is 15.2 Å². The number of carbonyl (C=O) groups excluding carboxylic acids is 5. The fourth-order valence-corrected chi connectivity index (χ4v) is 4.64. The molecule has 0 aliphatic carbocycles. The molecular weight excluding hydrogens is 576 g/mol. The van der Waals surface area contributed by atoms with Gasteiger partial charge in [-0.25, -0.2) is 9.59 Å². The quantitative estimate of drug-likeness (QED) is 0.283. The molecule has 3 unspecified atom stereocenters. The summed E-state index contributed by atoms with van der Waals surface area (Å²) < 4.78 is 11.0. The summed E-state index contributed by atoms with van der Waals surface area (Å²) in [7, 11) is 0. The van der Waals surface area contributed by atoms with Crippen molar-refractivity contribution in [1.82, 2.24) is 15.5 Å². The van der Waals surface area contributed by atoms with Crippen molar-refractivity contribution in [3.8, 4) is 0 Å². The molecule has 246 valence electrons. The molecule has 45 heavy (non-hydrogen) atoms. The lowest BCUT2D eigenvalue weighted by molar-refractivity contribution is -0.159. The maximum absolute atomic E-state index is 14.2. The van der Waals surface area contributed by atoms with Crippen LogP contribution in [-0.4, -0.2) is 64.5 Å². The Bertz CT molecular complexity index is 1330. The van der Waals surface area contributed by atoms with Gasteiger partial charge in [0.05, 0.1) is 0 Å². The van der Waals surface area contributed by atoms with Crippen molar-refractivity contribution in [1.29, 1.82) is 0 Å². The van der Waals surface area contributed by atoms with Gasteiger partial charge in [-0.05, 0) is 72.9 Å². The molecule has 0 heterocycles. The highest BCUT2D eigenvalue weighted by atomic mass is 16.6. The number of benzene rings is 2. The Morgan fingerprint density at radius 1 is 0.844 bits per heavy atom. The summed E-state index contributed by atoms with van der Waals surface area (Å²) in [6, 6.07) is 12.8. The van der Waals surface area contributed by atoms with E-state index in [2.05, 4.69) is 10.6 Å². The number of hydrogen-bond acceptors (Lipinski definition) is 7. The summed E-state index contributed by atoms with van der Waals surface area (Å²) in [5.74, 6) is -2.52. The Labute approximate surface area is 266 Å². The fourth-order valence-electron chi connectivity index (χ4n) is 4.64. The molecule has 3 atom stereocenters. The maximum Gasteiger partial charge on any atom is 0.408 e. The van der Waals surface area contributed by atoms with Gasteiger partial charge >= 0.3 is 12.1 Å². The number of alkyl carbamates (subject to hydrolysis) is 1. The topological polar surface area (TPSA) is 157 Å². The first-order chi connectivity index (χ1) is 20.9. The SMILES string of the molecule is CCN(C(=O)C(CCC(N)=O)NC(=O)OC(C)(C)C)C(C(=O)NC(Cc1ccccc1)C(=O)OC(C)(C)C)c1cccc(C)c1. The largest absolute Gasteiger partial charge is 0.458 e. The molecule has 4 amide bonds. The van der Waals surface area contributed by atoms with Crippen molar-refractivity contribution in [2.45, 2.75) is 104 Å². The molecule has 0 radical (unpaired) electrons. The molecule has 0 saturated heterocycles. The summed E-state index contributed by atoms with van der Waals surface area (Å²) in [6.07, 6.45) is -1.00. The lowest BCUT2D eigenvalue weighted by atomic mass is 9.99. The number of esters is 1. The standard InChI is InChI=1S/C34H48N4O7/c1-9-38(30(41)25(18-19-27(35)39)37-32(43)45-34(6,7)8)28(24-17-13-14-22(2)20-24)29(40)36-26(31(42)44-33(3,4)5)21-23-15-11-10-12-16-23/h10-17,20,25-26,28H,9,18-19,21H2,1-8H3,(H2,35,39)(H,36,40)(H,37,43). The van der Waals surface area contributed by atoms with Crippen LogP contribution in [0, 0.1) is 6.92 Å². The van der Waals surface area contributed by atoms with E-state index in [1.807, 2.05) is 43.3 Å². The van der Waals surface area contributed by atoms with Crippen LogP contribution in [0.1, 0.15) is 84.0 Å². The van der Waals surface area contributed by atoms with Gasteiger partial charge in [0.1, 0.15) is 29.3 Å². The monoisotopic (exact) mass is 624 g/mol. The molecule has 11 nitrogen and oxygen atoms in total. The molecule has 11 heteroatoms. The number of carbonyl (C=O) groups is 5. The van der Waals surface area contributed by atoms with Gasteiger partial charge in [-0.3, -0.25) is 14.4 Å². The van der Waals surface area contributed by atoms with Gasteiger partial charge in [0.15, 0.2) is 0 Å². The van der Waals surface area contributed by atoms with E-state index in [0.717, 1.165) is 11.1 Å². The fraction of sp³-hybridized carbons (Fsp3) is 0.500. The van der Waals surface area contributed by atoms with Crippen LogP contribution in [0.4, 0.5) is 4.79 Å². The average Bonchev–Trinajstić information content (AvgIpc) is 2.91. The second kappa shape index (κ2) is 16.1. The van der Waals surface area contributed by atoms with Gasteiger partial charge in [-0.1, -0.05) is 60.2 Å². The van der Waals surface area contributed by atoms with Crippen LogP contribution in [0.2, 0.25) is 0 Å². The van der Waals surface area contributed by atoms with E-state index >= 15 is 0 Å². The van der Waals surface area contributed by atoms with E-state index < -0.39 is 59.1 Å². The smallest absolute Gasteiger partial charge is 0.408 e. The molecule has 0 fully saturated rings. The third-order valence-electron chi connectivity index (χ3n) is 6.50. The van der Waals surface area contributed by atoms with E-state index in [0.29, 0.717) is 5.56 Å². The predicted octanol–water partition coefficient (Wildman–Crippen LogP) is 4.11. The normalized spacial score (nSPS) is 13.5. The first-order valence-corrected chi connectivity index (χ1v) is 15.1. The number of nitrogens with zero attached hydrogens (tertiary/aromatic N) is 1. The van der Waals surface area contributed by atoms with Crippen molar-refractivity contribution in [2.24, 2.45) is 5.73 Å². The predicted molar refractivity (Wildman–Crippen MR) is 171 cm³/mol. The molecule has 0 aliphatic heterocycles. The number of nitrogens with one attached hydrogen (secondary N) is 2. The van der Waals surface area contributed by atoms with Crippen LogP contribution in [0.5, 0.6) is 0 Å². The summed E-state index contributed by atoms with van der Waals surface area (Å²) in [6.45, 7) is 13.9. The van der Waals surface area contributed by atoms with Gasteiger partial charge in [0.25, 0.3) is 0 Å². The molecule has 2 aromatic rings. The maximum atomic E-state index is 14.2. The molecule has 2 aromatic carbocycles. The van der Waals surface area contributed by atoms with Crippen LogP contribution in [-0.2, 0) is 35.1 Å². The molecule has 4 N–H and O–H groups in total. The van der Waals surface area contributed by atoms with Crippen LogP contribution >= 0.6 is 0 Å². The lowest BCUT2D eigenvalue weighted by Crippen LogP contribution is -2.55. The highest BCUT2D eigenvalue weighted by Gasteiger charge is 2.38. The van der Waals surface area contributed by atoms with Crippen LogP contribution < -0.4 is 16.4 Å². The molecule has 0 aromatic heterocycles. The van der Waals surface area contributed by atoms with Gasteiger partial charge in [-0.2, -0.15) is 0 Å². The number of amides is 4. The summed E-state index contributed by atoms with van der Waals surface area (Å²) in [4.78, 5) is 67.4. The summed E-state index contributed by atoms with van der Waals surface area (Å²) in [5, 5.41) is 5.39. The highest BCUT2D eigenvalue weighted by molar-refractivity contribution is 5.94. The van der Waals surface area contributed by atoms with Gasteiger partial charge in [0.2, 0.25) is 17.7 Å². The second-order valence-corrected chi connectivity index (χ2v) is 12.9. The Morgan fingerprint density at radius 2 is 1.47 bits per heavy atom. The van der Waals surface area contributed by atoms with Crippen LogP contribution in [0.15, 0.2) is 54.6 Å². The van der Waals surface area contributed by atoms with Crippen LogP contribution in [0.3, 0.4) is 0 Å². The molecular formula is C34H48N4O7.